The topological polar surface area (TPSA) is 290 Å². The number of alkyl halides is 3. The lowest BCUT2D eigenvalue weighted by Crippen LogP contribution is -2.43. The summed E-state index contributed by atoms with van der Waals surface area (Å²) in [7, 11) is 0. The van der Waals surface area contributed by atoms with Gasteiger partial charge in [-0.2, -0.15) is 13.2 Å². The van der Waals surface area contributed by atoms with Crippen molar-refractivity contribution in [2.24, 2.45) is 17.2 Å². The predicted octanol–water partition coefficient (Wildman–Crippen LogP) is 8.10. The van der Waals surface area contributed by atoms with E-state index in [0.717, 1.165) is 16.7 Å². The first-order chi connectivity index (χ1) is 38.5. The Hall–Kier alpha value is -8.72. The van der Waals surface area contributed by atoms with Crippen molar-refractivity contribution >= 4 is 58.5 Å². The summed E-state index contributed by atoms with van der Waals surface area (Å²) >= 11 is 0. The zero-order valence-electron chi connectivity index (χ0n) is 44.1. The number of halogens is 3. The molecule has 6 rings (SSSR count). The minimum absolute atomic E-state index is 0.350. The van der Waals surface area contributed by atoms with E-state index in [4.69, 9.17) is 27.1 Å². The van der Waals surface area contributed by atoms with Crippen LogP contribution in [-0.4, -0.2) is 90.5 Å². The zero-order chi connectivity index (χ0) is 57.9. The molecule has 0 fully saturated rings. The average Bonchev–Trinajstić information content (AvgIpc) is 3.48. The minimum atomic E-state index is -5.08. The van der Waals surface area contributed by atoms with Gasteiger partial charge in [-0.05, 0) is 167 Å². The van der Waals surface area contributed by atoms with Crippen LogP contribution in [0.15, 0.2) is 164 Å². The van der Waals surface area contributed by atoms with E-state index in [1.165, 1.54) is 0 Å². The van der Waals surface area contributed by atoms with Crippen LogP contribution >= 0.6 is 0 Å². The molecule has 17 nitrogen and oxygen atoms in total. The Morgan fingerprint density at radius 1 is 0.388 bits per heavy atom. The normalized spacial score (nSPS) is 12.1. The van der Waals surface area contributed by atoms with E-state index in [0.29, 0.717) is 111 Å². The van der Waals surface area contributed by atoms with Crippen LogP contribution < -0.4 is 49.1 Å². The van der Waals surface area contributed by atoms with Crippen molar-refractivity contribution < 1.29 is 51.8 Å². The van der Waals surface area contributed by atoms with Crippen molar-refractivity contribution in [2.75, 3.05) is 35.6 Å². The summed E-state index contributed by atoms with van der Waals surface area (Å²) in [6, 6.07) is 46.2. The van der Waals surface area contributed by atoms with Gasteiger partial charge in [0, 0.05) is 39.7 Å². The Labute approximate surface area is 462 Å². The van der Waals surface area contributed by atoms with Crippen LogP contribution in [0.3, 0.4) is 0 Å². The highest BCUT2D eigenvalue weighted by Gasteiger charge is 2.38. The lowest BCUT2D eigenvalue weighted by atomic mass is 9.85. The monoisotopic (exact) mass is 1100 g/mol. The molecule has 0 aliphatic carbocycles. The lowest BCUT2D eigenvalue weighted by molar-refractivity contribution is -0.192. The van der Waals surface area contributed by atoms with Crippen molar-refractivity contribution in [2.45, 2.75) is 88.0 Å². The second kappa shape index (κ2) is 32.2. The maximum atomic E-state index is 13.7. The molecule has 0 radical (unpaired) electrons. The van der Waals surface area contributed by atoms with E-state index in [1.807, 2.05) is 91.0 Å². The molecule has 0 aliphatic rings. The standard InChI is InChI=1S/C58H67N9O6.C2HF3O2/c59-37-13-10-22-49(65-53(68)43-16-4-1-5-17-43)56(71)62-46-31-25-40(26-32-46)52(41-27-33-47(34-28-41)63-57(72)50(23-11-14-38-60)66-54(69)44-18-6-2-7-19-44)42-29-35-48(36-30-42)64-58(73)51(24-12-15-39-61)67-55(70)45-20-8-3-9-21-45;3-2(4,5)1(6)7/h1-9,16-21,25-36,49-52H,10-15,22-24,37-39,59-61H2,(H,62,71)(H,63,72)(H,64,73)(H,65,68)(H,66,69)(H,67,70);(H,6,7)/t49-,50-,51-;/m0./s1. The second-order valence-electron chi connectivity index (χ2n) is 18.6. The van der Waals surface area contributed by atoms with E-state index < -0.39 is 30.3 Å². The number of rotatable bonds is 27. The largest absolute Gasteiger partial charge is 0.490 e. The highest BCUT2D eigenvalue weighted by molar-refractivity contribution is 6.03. The molecule has 3 atom stereocenters. The number of benzene rings is 6. The van der Waals surface area contributed by atoms with Gasteiger partial charge in [0.2, 0.25) is 17.7 Å². The fourth-order valence-electron chi connectivity index (χ4n) is 8.32. The maximum Gasteiger partial charge on any atom is 0.490 e. The number of hydrogen-bond donors (Lipinski definition) is 10. The summed E-state index contributed by atoms with van der Waals surface area (Å²) < 4.78 is 31.7. The van der Waals surface area contributed by atoms with Crippen LogP contribution in [0.5, 0.6) is 0 Å². The fourth-order valence-corrected chi connectivity index (χ4v) is 8.32. The molecule has 0 bridgehead atoms. The van der Waals surface area contributed by atoms with Gasteiger partial charge in [0.25, 0.3) is 17.7 Å². The van der Waals surface area contributed by atoms with Gasteiger partial charge < -0.3 is 54.2 Å². The number of amides is 6. The molecule has 422 valence electrons. The average molecular weight is 1100 g/mol. The molecule has 20 heteroatoms. The quantitative estimate of drug-likeness (QED) is 0.0174. The van der Waals surface area contributed by atoms with E-state index >= 15 is 0 Å². The van der Waals surface area contributed by atoms with Crippen molar-refractivity contribution in [1.29, 1.82) is 0 Å². The number of carboxylic acid groups (broad SMARTS) is 1. The molecule has 0 aliphatic heterocycles. The highest BCUT2D eigenvalue weighted by atomic mass is 19.4. The Kier molecular flexibility index (Phi) is 25.0. The van der Waals surface area contributed by atoms with E-state index in [9.17, 15) is 41.9 Å². The molecule has 0 spiro atoms. The van der Waals surface area contributed by atoms with Gasteiger partial charge in [0.15, 0.2) is 0 Å². The maximum absolute atomic E-state index is 13.7. The van der Waals surface area contributed by atoms with Crippen LogP contribution in [0.25, 0.3) is 0 Å². The third-order valence-corrected chi connectivity index (χ3v) is 12.6. The first kappa shape index (κ1) is 62.1. The highest BCUT2D eigenvalue weighted by Crippen LogP contribution is 2.34. The number of carboxylic acids is 1. The Balaban J connectivity index is 0.00000157. The van der Waals surface area contributed by atoms with Gasteiger partial charge in [-0.1, -0.05) is 91.0 Å². The van der Waals surface area contributed by atoms with Crippen molar-refractivity contribution in [3.8, 4) is 0 Å². The lowest BCUT2D eigenvalue weighted by Gasteiger charge is -2.22. The Morgan fingerprint density at radius 2 is 0.625 bits per heavy atom. The van der Waals surface area contributed by atoms with Gasteiger partial charge >= 0.3 is 12.1 Å². The third-order valence-electron chi connectivity index (χ3n) is 12.6. The molecular weight excluding hydrogens is 1030 g/mol. The number of nitrogens with two attached hydrogens (primary N) is 3. The van der Waals surface area contributed by atoms with Crippen LogP contribution in [0.2, 0.25) is 0 Å². The molecule has 6 aromatic carbocycles. The SMILES string of the molecule is NCCCC[C@H](NC(=O)c1ccccc1)C(=O)Nc1ccc(C(c2ccc(NC(=O)[C@H](CCCCN)NC(=O)c3ccccc3)cc2)c2ccc(NC(=O)[C@H](CCCCN)NC(=O)c3ccccc3)cc2)cc1.O=C(O)C(F)(F)F. The van der Waals surface area contributed by atoms with Crippen LogP contribution in [-0.2, 0) is 19.2 Å². The van der Waals surface area contributed by atoms with Crippen molar-refractivity contribution in [3.63, 3.8) is 0 Å². The zero-order valence-corrected chi connectivity index (χ0v) is 44.1. The predicted molar refractivity (Wildman–Crippen MR) is 302 cm³/mol. The number of carbonyl (C=O) groups excluding carboxylic acids is 6. The third kappa shape index (κ3) is 20.3. The number of unbranched alkanes of at least 4 members (excludes halogenated alkanes) is 3. The van der Waals surface area contributed by atoms with E-state index in [-0.39, 0.29) is 41.4 Å². The molecule has 80 heavy (non-hydrogen) atoms. The van der Waals surface area contributed by atoms with Crippen molar-refractivity contribution in [3.05, 3.63) is 197 Å². The number of carbonyl (C=O) groups is 7. The smallest absolute Gasteiger partial charge is 0.475 e. The fraction of sp³-hybridized carbons (Fsp3) is 0.283. The number of nitrogens with one attached hydrogen (secondary N) is 6. The molecule has 0 saturated heterocycles. The van der Waals surface area contributed by atoms with Gasteiger partial charge in [-0.3, -0.25) is 28.8 Å². The summed E-state index contributed by atoms with van der Waals surface area (Å²) in [5, 5.41) is 24.8. The van der Waals surface area contributed by atoms with Gasteiger partial charge in [0.05, 0.1) is 0 Å². The van der Waals surface area contributed by atoms with Gasteiger partial charge in [0.1, 0.15) is 18.1 Å². The number of anilines is 3. The number of aliphatic carboxylic acids is 1. The first-order valence-corrected chi connectivity index (χ1v) is 26.2. The van der Waals surface area contributed by atoms with Gasteiger partial charge in [-0.15, -0.1) is 0 Å². The summed E-state index contributed by atoms with van der Waals surface area (Å²) in [5.41, 5.74) is 22.8. The molecule has 0 saturated carbocycles. The second-order valence-corrected chi connectivity index (χ2v) is 18.6. The minimum Gasteiger partial charge on any atom is -0.475 e. The summed E-state index contributed by atoms with van der Waals surface area (Å²) in [6.07, 6.45) is 0.185. The Morgan fingerprint density at radius 3 is 0.838 bits per heavy atom. The Bertz CT molecular complexity index is 2620. The van der Waals surface area contributed by atoms with Crippen LogP contribution in [0.4, 0.5) is 30.2 Å². The number of hydrogen-bond acceptors (Lipinski definition) is 10. The molecule has 6 amide bonds. The first-order valence-electron chi connectivity index (χ1n) is 26.2. The molecule has 13 N–H and O–H groups in total. The van der Waals surface area contributed by atoms with E-state index in [1.54, 1.807) is 72.8 Å². The summed E-state index contributed by atoms with van der Waals surface area (Å²) in [5.74, 6) is -5.24. The summed E-state index contributed by atoms with van der Waals surface area (Å²) in [6.45, 7) is 1.40. The van der Waals surface area contributed by atoms with Gasteiger partial charge in [-0.25, -0.2) is 4.79 Å². The molecule has 0 heterocycles. The molecular formula is C60H68F3N9O8. The summed E-state index contributed by atoms with van der Waals surface area (Å²) in [4.78, 5) is 89.5. The molecule has 0 aromatic heterocycles. The molecule has 6 aromatic rings. The van der Waals surface area contributed by atoms with Crippen molar-refractivity contribution in [1.82, 2.24) is 16.0 Å². The van der Waals surface area contributed by atoms with Crippen LogP contribution in [0, 0.1) is 0 Å². The molecule has 0 unspecified atom stereocenters. The van der Waals surface area contributed by atoms with E-state index in [2.05, 4.69) is 31.9 Å². The van der Waals surface area contributed by atoms with Crippen LogP contribution in [0.1, 0.15) is 111 Å².